The van der Waals surface area contributed by atoms with Crippen LogP contribution in [0.1, 0.15) is 38.2 Å². The molecule has 0 saturated heterocycles. The van der Waals surface area contributed by atoms with Crippen LogP contribution in [0.3, 0.4) is 0 Å². The molecule has 0 radical (unpaired) electrons. The van der Waals surface area contributed by atoms with Crippen molar-refractivity contribution in [3.8, 4) is 28.7 Å². The number of rotatable bonds is 6. The topological polar surface area (TPSA) is 103 Å². The number of hydrogen-bond donors (Lipinski definition) is 1. The van der Waals surface area contributed by atoms with Gasteiger partial charge in [-0.05, 0) is 62.9 Å². The average molecular weight is 512 g/mol. The third-order valence-electron chi connectivity index (χ3n) is 6.34. The lowest BCUT2D eigenvalue weighted by molar-refractivity contribution is -0.149. The molecule has 3 aromatic heterocycles. The molecule has 0 unspecified atom stereocenters. The van der Waals surface area contributed by atoms with Crippen molar-refractivity contribution in [2.75, 3.05) is 6.61 Å². The number of esters is 1. The number of ether oxygens (including phenoxy) is 2. The molecule has 192 valence electrons. The predicted octanol–water partition coefficient (Wildman–Crippen LogP) is 5.60. The van der Waals surface area contributed by atoms with Crippen LogP contribution < -0.4 is 4.74 Å². The molecule has 1 aliphatic rings. The lowest BCUT2D eigenvalue weighted by Crippen LogP contribution is -2.29. The van der Waals surface area contributed by atoms with E-state index in [0.29, 0.717) is 53.1 Å². The van der Waals surface area contributed by atoms with Gasteiger partial charge in [0, 0.05) is 29.7 Å². The minimum Gasteiger partial charge on any atom is -0.466 e. The number of carbonyl (C=O) groups is 1. The average Bonchev–Trinajstić information content (AvgIpc) is 3.33. The Morgan fingerprint density at radius 3 is 2.38 bits per heavy atom. The third kappa shape index (κ3) is 5.55. The molecule has 5 rings (SSSR count). The van der Waals surface area contributed by atoms with Crippen molar-refractivity contribution in [3.05, 3.63) is 54.5 Å². The second kappa shape index (κ2) is 10.2. The molecule has 3 heterocycles. The van der Waals surface area contributed by atoms with E-state index >= 15 is 0 Å². The highest BCUT2D eigenvalue weighted by molar-refractivity contribution is 5.80. The van der Waals surface area contributed by atoms with Gasteiger partial charge in [-0.3, -0.25) is 9.78 Å². The smallest absolute Gasteiger partial charge is 0.416 e. The molecule has 11 heteroatoms. The summed E-state index contributed by atoms with van der Waals surface area (Å²) in [6.45, 7) is 2.19. The number of aromatic nitrogens is 5. The Balaban J connectivity index is 1.22. The van der Waals surface area contributed by atoms with Crippen LogP contribution in [0.2, 0.25) is 0 Å². The van der Waals surface area contributed by atoms with Crippen LogP contribution in [-0.2, 0) is 15.7 Å². The number of halogens is 3. The highest BCUT2D eigenvalue weighted by Crippen LogP contribution is 2.32. The summed E-state index contributed by atoms with van der Waals surface area (Å²) < 4.78 is 49.9. The molecule has 0 amide bonds. The van der Waals surface area contributed by atoms with Gasteiger partial charge in [-0.15, -0.1) is 0 Å². The largest absolute Gasteiger partial charge is 0.466 e. The summed E-state index contributed by atoms with van der Waals surface area (Å²) in [4.78, 5) is 32.2. The van der Waals surface area contributed by atoms with E-state index in [2.05, 4.69) is 24.9 Å². The maximum absolute atomic E-state index is 13.0. The summed E-state index contributed by atoms with van der Waals surface area (Å²) in [6.07, 6.45) is 3.25. The SMILES string of the molecule is CCOC(=O)C1CCC(Oc2ncc(-c3ccc(-c4nc5ccc(C(F)(F)F)cc5[nH]4)cn3)cn2)CC1. The fraction of sp³-hybridized carbons (Fsp3) is 0.346. The van der Waals surface area contributed by atoms with Gasteiger partial charge in [-0.25, -0.2) is 15.0 Å². The number of hydrogen-bond acceptors (Lipinski definition) is 7. The van der Waals surface area contributed by atoms with E-state index in [1.165, 1.54) is 6.07 Å². The second-order valence-corrected chi connectivity index (χ2v) is 8.85. The van der Waals surface area contributed by atoms with Crippen molar-refractivity contribution < 1.29 is 27.4 Å². The van der Waals surface area contributed by atoms with Crippen molar-refractivity contribution >= 4 is 17.0 Å². The van der Waals surface area contributed by atoms with Gasteiger partial charge in [0.05, 0.1) is 34.8 Å². The molecule has 8 nitrogen and oxygen atoms in total. The Morgan fingerprint density at radius 1 is 1.00 bits per heavy atom. The number of pyridine rings is 1. The number of fused-ring (bicyclic) bond motifs is 1. The van der Waals surface area contributed by atoms with E-state index in [1.54, 1.807) is 37.6 Å². The number of aromatic amines is 1. The van der Waals surface area contributed by atoms with Gasteiger partial charge in [-0.1, -0.05) is 0 Å². The third-order valence-corrected chi connectivity index (χ3v) is 6.34. The van der Waals surface area contributed by atoms with Gasteiger partial charge in [0.25, 0.3) is 0 Å². The predicted molar refractivity (Wildman–Crippen MR) is 128 cm³/mol. The molecule has 1 saturated carbocycles. The first-order valence-electron chi connectivity index (χ1n) is 12.0. The molecule has 0 aliphatic heterocycles. The van der Waals surface area contributed by atoms with Crippen LogP contribution in [0.4, 0.5) is 13.2 Å². The van der Waals surface area contributed by atoms with Gasteiger partial charge < -0.3 is 14.5 Å². The Bertz CT molecular complexity index is 1380. The molecular formula is C26H24F3N5O3. The maximum Gasteiger partial charge on any atom is 0.416 e. The van der Waals surface area contributed by atoms with Crippen LogP contribution in [-0.4, -0.2) is 43.6 Å². The Morgan fingerprint density at radius 2 is 1.73 bits per heavy atom. The van der Waals surface area contributed by atoms with E-state index in [9.17, 15) is 18.0 Å². The van der Waals surface area contributed by atoms with E-state index in [4.69, 9.17) is 9.47 Å². The van der Waals surface area contributed by atoms with Crippen molar-refractivity contribution in [2.45, 2.75) is 44.9 Å². The number of carbonyl (C=O) groups excluding carboxylic acids is 1. The minimum absolute atomic E-state index is 0.0510. The number of nitrogens with zero attached hydrogens (tertiary/aromatic N) is 4. The molecule has 0 spiro atoms. The lowest BCUT2D eigenvalue weighted by atomic mass is 9.87. The second-order valence-electron chi connectivity index (χ2n) is 8.85. The van der Waals surface area contributed by atoms with E-state index < -0.39 is 11.7 Å². The van der Waals surface area contributed by atoms with Gasteiger partial charge in [0.15, 0.2) is 0 Å². The Hall–Kier alpha value is -4.02. The van der Waals surface area contributed by atoms with E-state index in [1.807, 2.05) is 0 Å². The van der Waals surface area contributed by atoms with Crippen molar-refractivity contribution in [2.24, 2.45) is 5.92 Å². The number of H-pyrrole nitrogens is 1. The number of benzene rings is 1. The van der Waals surface area contributed by atoms with Gasteiger partial charge >= 0.3 is 18.2 Å². The van der Waals surface area contributed by atoms with E-state index in [-0.39, 0.29) is 24.0 Å². The quantitative estimate of drug-likeness (QED) is 0.336. The molecule has 1 N–H and O–H groups in total. The highest BCUT2D eigenvalue weighted by atomic mass is 19.4. The Kier molecular flexibility index (Phi) is 6.77. The summed E-state index contributed by atoms with van der Waals surface area (Å²) in [5.74, 6) is 0.205. The lowest BCUT2D eigenvalue weighted by Gasteiger charge is -2.26. The fourth-order valence-corrected chi connectivity index (χ4v) is 4.36. The summed E-state index contributed by atoms with van der Waals surface area (Å²) in [6, 6.07) is 7.20. The molecule has 1 aliphatic carbocycles. The summed E-state index contributed by atoms with van der Waals surface area (Å²) >= 11 is 0. The summed E-state index contributed by atoms with van der Waals surface area (Å²) in [5, 5.41) is 0. The van der Waals surface area contributed by atoms with Gasteiger partial charge in [0.2, 0.25) is 0 Å². The maximum atomic E-state index is 13.0. The number of imidazole rings is 1. The number of alkyl halides is 3. The monoisotopic (exact) mass is 511 g/mol. The van der Waals surface area contributed by atoms with Gasteiger partial charge in [-0.2, -0.15) is 13.2 Å². The minimum atomic E-state index is -4.42. The standard InChI is InChI=1S/C26H24F3N5O3/c1-2-36-24(35)15-3-7-19(8-4-15)37-25-31-13-17(14-32-25)20-9-5-16(12-30-20)23-33-21-10-6-18(26(27,28)29)11-22(21)34-23/h5-6,9-15,19H,2-4,7-8H2,1H3,(H,33,34). The summed E-state index contributed by atoms with van der Waals surface area (Å²) in [7, 11) is 0. The zero-order chi connectivity index (χ0) is 26.0. The van der Waals surface area contributed by atoms with E-state index in [0.717, 1.165) is 25.0 Å². The van der Waals surface area contributed by atoms with Crippen molar-refractivity contribution in [3.63, 3.8) is 0 Å². The Labute approximate surface area is 210 Å². The van der Waals surface area contributed by atoms with Crippen LogP contribution in [0, 0.1) is 5.92 Å². The molecule has 1 fully saturated rings. The zero-order valence-corrected chi connectivity index (χ0v) is 20.0. The highest BCUT2D eigenvalue weighted by Gasteiger charge is 2.31. The molecule has 0 bridgehead atoms. The molecule has 37 heavy (non-hydrogen) atoms. The van der Waals surface area contributed by atoms with Crippen molar-refractivity contribution in [1.29, 1.82) is 0 Å². The van der Waals surface area contributed by atoms with Gasteiger partial charge in [0.1, 0.15) is 11.9 Å². The van der Waals surface area contributed by atoms with Crippen LogP contribution >= 0.6 is 0 Å². The molecule has 1 aromatic carbocycles. The van der Waals surface area contributed by atoms with Crippen molar-refractivity contribution in [1.82, 2.24) is 24.9 Å². The molecule has 4 aromatic rings. The first kappa shape index (κ1) is 24.7. The zero-order valence-electron chi connectivity index (χ0n) is 20.0. The molecule has 0 atom stereocenters. The van der Waals surface area contributed by atoms with Crippen LogP contribution in [0.5, 0.6) is 6.01 Å². The molecular weight excluding hydrogens is 487 g/mol. The first-order valence-corrected chi connectivity index (χ1v) is 12.0. The normalized spacial score (nSPS) is 18.1. The summed E-state index contributed by atoms with van der Waals surface area (Å²) in [5.41, 5.74) is 1.94. The van der Waals surface area contributed by atoms with Crippen LogP contribution in [0.25, 0.3) is 33.7 Å². The number of nitrogens with one attached hydrogen (secondary N) is 1. The first-order chi connectivity index (χ1) is 17.8. The van der Waals surface area contributed by atoms with Crippen LogP contribution in [0.15, 0.2) is 48.9 Å². The fourth-order valence-electron chi connectivity index (χ4n) is 4.36.